The van der Waals surface area contributed by atoms with Crippen LogP contribution in [-0.4, -0.2) is 0 Å². The van der Waals surface area contributed by atoms with Gasteiger partial charge in [0, 0.05) is 9.50 Å². The fraction of sp³-hybridized carbons (Fsp3) is 0.143. The standard InChI is InChI=1S/C14H13BrClFN2/c15-13-6-3-10(16)8-12(13)14(19-18)7-9-1-4-11(17)5-2-9/h1-6,8,14,19H,7,18H2. The molecule has 5 heteroatoms. The van der Waals surface area contributed by atoms with E-state index >= 15 is 0 Å². The maximum Gasteiger partial charge on any atom is 0.123 e. The maximum atomic E-state index is 12.9. The first-order valence-corrected chi connectivity index (χ1v) is 6.93. The average Bonchev–Trinajstić information content (AvgIpc) is 2.41. The van der Waals surface area contributed by atoms with E-state index in [4.69, 9.17) is 17.4 Å². The summed E-state index contributed by atoms with van der Waals surface area (Å²) in [6.45, 7) is 0. The molecule has 0 aliphatic heterocycles. The predicted molar refractivity (Wildman–Crippen MR) is 79.3 cm³/mol. The van der Waals surface area contributed by atoms with Crippen molar-refractivity contribution in [1.29, 1.82) is 0 Å². The normalized spacial score (nSPS) is 12.4. The van der Waals surface area contributed by atoms with Gasteiger partial charge in [-0.1, -0.05) is 39.7 Å². The lowest BCUT2D eigenvalue weighted by Gasteiger charge is -2.18. The van der Waals surface area contributed by atoms with Crippen molar-refractivity contribution < 1.29 is 4.39 Å². The highest BCUT2D eigenvalue weighted by atomic mass is 79.9. The number of rotatable bonds is 4. The molecule has 100 valence electrons. The zero-order chi connectivity index (χ0) is 13.8. The van der Waals surface area contributed by atoms with Crippen LogP contribution in [0, 0.1) is 5.82 Å². The number of nitrogens with one attached hydrogen (secondary N) is 1. The van der Waals surface area contributed by atoms with Crippen LogP contribution in [-0.2, 0) is 6.42 Å². The molecule has 0 bridgehead atoms. The van der Waals surface area contributed by atoms with Gasteiger partial charge in [-0.15, -0.1) is 0 Å². The Morgan fingerprint density at radius 2 is 1.89 bits per heavy atom. The van der Waals surface area contributed by atoms with Crippen LogP contribution in [0.3, 0.4) is 0 Å². The summed E-state index contributed by atoms with van der Waals surface area (Å²) < 4.78 is 13.8. The van der Waals surface area contributed by atoms with Gasteiger partial charge in [-0.05, 0) is 47.9 Å². The number of nitrogens with two attached hydrogens (primary N) is 1. The van der Waals surface area contributed by atoms with E-state index < -0.39 is 0 Å². The van der Waals surface area contributed by atoms with Crippen molar-refractivity contribution >= 4 is 27.5 Å². The highest BCUT2D eigenvalue weighted by Gasteiger charge is 2.14. The average molecular weight is 344 g/mol. The third-order valence-electron chi connectivity index (χ3n) is 2.89. The van der Waals surface area contributed by atoms with Crippen LogP contribution in [0.1, 0.15) is 17.2 Å². The summed E-state index contributed by atoms with van der Waals surface area (Å²) in [6.07, 6.45) is 0.649. The summed E-state index contributed by atoms with van der Waals surface area (Å²) in [5, 5.41) is 0.651. The maximum absolute atomic E-state index is 12.9. The van der Waals surface area contributed by atoms with Crippen molar-refractivity contribution in [3.63, 3.8) is 0 Å². The molecular weight excluding hydrogens is 331 g/mol. The Balaban J connectivity index is 2.24. The van der Waals surface area contributed by atoms with Crippen molar-refractivity contribution in [2.45, 2.75) is 12.5 Å². The molecule has 0 aliphatic carbocycles. The molecule has 3 N–H and O–H groups in total. The van der Waals surface area contributed by atoms with E-state index in [2.05, 4.69) is 21.4 Å². The highest BCUT2D eigenvalue weighted by Crippen LogP contribution is 2.28. The number of halogens is 3. The van der Waals surface area contributed by atoms with Crippen molar-refractivity contribution in [1.82, 2.24) is 5.43 Å². The third kappa shape index (κ3) is 3.76. The van der Waals surface area contributed by atoms with Gasteiger partial charge in [0.25, 0.3) is 0 Å². The molecule has 0 radical (unpaired) electrons. The molecule has 0 spiro atoms. The van der Waals surface area contributed by atoms with Gasteiger partial charge in [0.1, 0.15) is 5.82 Å². The molecule has 0 aromatic heterocycles. The number of hydrazine groups is 1. The van der Waals surface area contributed by atoms with E-state index in [0.717, 1.165) is 15.6 Å². The predicted octanol–water partition coefficient (Wildman–Crippen LogP) is 3.99. The van der Waals surface area contributed by atoms with E-state index in [1.807, 2.05) is 12.1 Å². The largest absolute Gasteiger partial charge is 0.271 e. The first kappa shape index (κ1) is 14.5. The first-order valence-electron chi connectivity index (χ1n) is 5.75. The number of benzene rings is 2. The molecule has 0 saturated carbocycles. The lowest BCUT2D eigenvalue weighted by Crippen LogP contribution is -2.29. The molecule has 2 aromatic carbocycles. The molecule has 19 heavy (non-hydrogen) atoms. The summed E-state index contributed by atoms with van der Waals surface area (Å²) in [5.41, 5.74) is 4.74. The Kier molecular flexibility index (Phi) is 4.93. The quantitative estimate of drug-likeness (QED) is 0.651. The fourth-order valence-electron chi connectivity index (χ4n) is 1.90. The van der Waals surface area contributed by atoms with Crippen molar-refractivity contribution in [2.75, 3.05) is 0 Å². The van der Waals surface area contributed by atoms with Gasteiger partial charge < -0.3 is 0 Å². The smallest absolute Gasteiger partial charge is 0.123 e. The van der Waals surface area contributed by atoms with Crippen LogP contribution in [0.4, 0.5) is 4.39 Å². The molecule has 0 amide bonds. The summed E-state index contributed by atoms with van der Waals surface area (Å²) in [4.78, 5) is 0. The second kappa shape index (κ2) is 6.48. The van der Waals surface area contributed by atoms with Crippen LogP contribution >= 0.6 is 27.5 Å². The van der Waals surface area contributed by atoms with Gasteiger partial charge >= 0.3 is 0 Å². The second-order valence-corrected chi connectivity index (χ2v) is 5.51. The molecule has 0 fully saturated rings. The van der Waals surface area contributed by atoms with Crippen LogP contribution in [0.2, 0.25) is 5.02 Å². The zero-order valence-electron chi connectivity index (χ0n) is 10.0. The van der Waals surface area contributed by atoms with Crippen LogP contribution in [0.5, 0.6) is 0 Å². The van der Waals surface area contributed by atoms with Gasteiger partial charge in [-0.3, -0.25) is 11.3 Å². The SMILES string of the molecule is NNC(Cc1ccc(F)cc1)c1cc(Cl)ccc1Br. The van der Waals surface area contributed by atoms with E-state index in [1.54, 1.807) is 18.2 Å². The monoisotopic (exact) mass is 342 g/mol. The Morgan fingerprint density at radius 3 is 2.53 bits per heavy atom. The molecular formula is C14H13BrClFN2. The summed E-state index contributed by atoms with van der Waals surface area (Å²) >= 11 is 9.49. The minimum atomic E-state index is -0.245. The highest BCUT2D eigenvalue weighted by molar-refractivity contribution is 9.10. The van der Waals surface area contributed by atoms with E-state index in [1.165, 1.54) is 12.1 Å². The third-order valence-corrected chi connectivity index (χ3v) is 3.84. The van der Waals surface area contributed by atoms with Gasteiger partial charge in [-0.2, -0.15) is 0 Å². The Morgan fingerprint density at radius 1 is 1.21 bits per heavy atom. The van der Waals surface area contributed by atoms with Gasteiger partial charge in [0.05, 0.1) is 6.04 Å². The Hall–Kier alpha value is -0.940. The molecule has 0 aliphatic rings. The summed E-state index contributed by atoms with van der Waals surface area (Å²) in [6, 6.07) is 11.8. The van der Waals surface area contributed by atoms with E-state index in [9.17, 15) is 4.39 Å². The molecule has 1 unspecified atom stereocenters. The lowest BCUT2D eigenvalue weighted by atomic mass is 9.99. The molecule has 2 rings (SSSR count). The number of hydrogen-bond acceptors (Lipinski definition) is 2. The molecule has 1 atom stereocenters. The van der Waals surface area contributed by atoms with E-state index in [0.29, 0.717) is 11.4 Å². The number of hydrogen-bond donors (Lipinski definition) is 2. The minimum absolute atomic E-state index is 0.0986. The lowest BCUT2D eigenvalue weighted by molar-refractivity contribution is 0.549. The minimum Gasteiger partial charge on any atom is -0.271 e. The first-order chi connectivity index (χ1) is 9.10. The molecule has 2 aromatic rings. The molecule has 0 saturated heterocycles. The van der Waals surface area contributed by atoms with Crippen LogP contribution in [0.15, 0.2) is 46.9 Å². The Labute approximate surface area is 124 Å². The zero-order valence-corrected chi connectivity index (χ0v) is 12.4. The van der Waals surface area contributed by atoms with Crippen molar-refractivity contribution in [3.8, 4) is 0 Å². The van der Waals surface area contributed by atoms with Gasteiger partial charge in [0.2, 0.25) is 0 Å². The van der Waals surface area contributed by atoms with Crippen molar-refractivity contribution in [2.24, 2.45) is 5.84 Å². The molecule has 2 nitrogen and oxygen atoms in total. The second-order valence-electron chi connectivity index (χ2n) is 4.22. The topological polar surface area (TPSA) is 38.0 Å². The summed E-state index contributed by atoms with van der Waals surface area (Å²) in [7, 11) is 0. The van der Waals surface area contributed by atoms with Crippen LogP contribution < -0.4 is 11.3 Å². The van der Waals surface area contributed by atoms with E-state index in [-0.39, 0.29) is 11.9 Å². The Bertz CT molecular complexity index is 560. The fourth-order valence-corrected chi connectivity index (χ4v) is 2.60. The van der Waals surface area contributed by atoms with Crippen molar-refractivity contribution in [3.05, 3.63) is 68.9 Å². The van der Waals surface area contributed by atoms with Gasteiger partial charge in [-0.25, -0.2) is 4.39 Å². The van der Waals surface area contributed by atoms with Crippen LogP contribution in [0.25, 0.3) is 0 Å². The molecule has 0 heterocycles. The van der Waals surface area contributed by atoms with Gasteiger partial charge in [0.15, 0.2) is 0 Å². The summed E-state index contributed by atoms with van der Waals surface area (Å²) in [5.74, 6) is 5.37.